The van der Waals surface area contributed by atoms with Gasteiger partial charge in [-0.15, -0.1) is 0 Å². The lowest BCUT2D eigenvalue weighted by Crippen LogP contribution is -2.54. The SMILES string of the molecule is CC(O)(Cc1ccc(Br)cc1)C1(CN)CCOCC1. The quantitative estimate of drug-likeness (QED) is 0.893. The van der Waals surface area contributed by atoms with E-state index in [1.807, 2.05) is 31.2 Å². The highest BCUT2D eigenvalue weighted by atomic mass is 79.9. The molecule has 0 amide bonds. The molecule has 1 aliphatic rings. The number of hydrogen-bond donors (Lipinski definition) is 2. The molecule has 0 bridgehead atoms. The third kappa shape index (κ3) is 3.19. The van der Waals surface area contributed by atoms with Crippen molar-refractivity contribution in [3.63, 3.8) is 0 Å². The van der Waals surface area contributed by atoms with E-state index < -0.39 is 5.60 Å². The number of aliphatic hydroxyl groups is 1. The Morgan fingerprint density at radius 1 is 1.32 bits per heavy atom. The van der Waals surface area contributed by atoms with Crippen LogP contribution in [0, 0.1) is 5.41 Å². The number of nitrogens with two attached hydrogens (primary N) is 1. The number of halogens is 1. The molecule has 1 aromatic carbocycles. The molecule has 1 saturated heterocycles. The first-order valence-electron chi connectivity index (χ1n) is 6.74. The molecule has 1 aliphatic heterocycles. The summed E-state index contributed by atoms with van der Waals surface area (Å²) in [5, 5.41) is 11.0. The summed E-state index contributed by atoms with van der Waals surface area (Å²) in [6.07, 6.45) is 2.28. The van der Waals surface area contributed by atoms with Crippen molar-refractivity contribution in [3.8, 4) is 0 Å². The highest BCUT2D eigenvalue weighted by Gasteiger charge is 2.46. The molecule has 2 rings (SSSR count). The van der Waals surface area contributed by atoms with Crippen LogP contribution < -0.4 is 5.73 Å². The van der Waals surface area contributed by atoms with Crippen LogP contribution in [0.2, 0.25) is 0 Å². The Morgan fingerprint density at radius 2 is 1.89 bits per heavy atom. The van der Waals surface area contributed by atoms with Crippen molar-refractivity contribution in [1.82, 2.24) is 0 Å². The van der Waals surface area contributed by atoms with Crippen LogP contribution in [0.3, 0.4) is 0 Å². The second-order valence-electron chi connectivity index (χ2n) is 5.67. The van der Waals surface area contributed by atoms with Gasteiger partial charge in [-0.25, -0.2) is 0 Å². The van der Waals surface area contributed by atoms with Crippen LogP contribution >= 0.6 is 15.9 Å². The van der Waals surface area contributed by atoms with Gasteiger partial charge in [0.05, 0.1) is 5.60 Å². The van der Waals surface area contributed by atoms with Gasteiger partial charge in [0.1, 0.15) is 0 Å². The van der Waals surface area contributed by atoms with Crippen LogP contribution in [0.4, 0.5) is 0 Å². The van der Waals surface area contributed by atoms with E-state index in [1.54, 1.807) is 0 Å². The minimum atomic E-state index is -0.806. The maximum atomic E-state index is 11.0. The van der Waals surface area contributed by atoms with Crippen molar-refractivity contribution in [1.29, 1.82) is 0 Å². The zero-order valence-electron chi connectivity index (χ0n) is 11.4. The van der Waals surface area contributed by atoms with E-state index in [2.05, 4.69) is 15.9 Å². The van der Waals surface area contributed by atoms with Crippen molar-refractivity contribution >= 4 is 15.9 Å². The topological polar surface area (TPSA) is 55.5 Å². The van der Waals surface area contributed by atoms with Crippen molar-refractivity contribution in [2.75, 3.05) is 19.8 Å². The van der Waals surface area contributed by atoms with E-state index in [4.69, 9.17) is 10.5 Å². The third-order valence-electron chi connectivity index (χ3n) is 4.44. The minimum absolute atomic E-state index is 0.238. The van der Waals surface area contributed by atoms with Crippen molar-refractivity contribution < 1.29 is 9.84 Å². The number of benzene rings is 1. The molecule has 0 spiro atoms. The Bertz CT molecular complexity index is 411. The van der Waals surface area contributed by atoms with Gasteiger partial charge in [0, 0.05) is 36.1 Å². The minimum Gasteiger partial charge on any atom is -0.389 e. The van der Waals surface area contributed by atoms with Crippen LogP contribution in [0.1, 0.15) is 25.3 Å². The van der Waals surface area contributed by atoms with Gasteiger partial charge in [-0.1, -0.05) is 28.1 Å². The molecule has 1 heterocycles. The Kier molecular flexibility index (Phi) is 4.66. The normalized spacial score (nSPS) is 21.9. The van der Waals surface area contributed by atoms with Crippen molar-refractivity contribution in [3.05, 3.63) is 34.3 Å². The molecule has 1 atom stereocenters. The molecule has 3 nitrogen and oxygen atoms in total. The highest BCUT2D eigenvalue weighted by Crippen LogP contribution is 2.42. The zero-order valence-corrected chi connectivity index (χ0v) is 12.9. The van der Waals surface area contributed by atoms with Gasteiger partial charge in [-0.2, -0.15) is 0 Å². The Labute approximate surface area is 123 Å². The largest absolute Gasteiger partial charge is 0.389 e. The fourth-order valence-electron chi connectivity index (χ4n) is 2.91. The first-order chi connectivity index (χ1) is 8.99. The highest BCUT2D eigenvalue weighted by molar-refractivity contribution is 9.10. The number of rotatable bonds is 4. The molecular weight excluding hydrogens is 306 g/mol. The summed E-state index contributed by atoms with van der Waals surface area (Å²) in [6, 6.07) is 8.10. The van der Waals surface area contributed by atoms with Gasteiger partial charge in [0.15, 0.2) is 0 Å². The zero-order chi connectivity index (χ0) is 13.9. The van der Waals surface area contributed by atoms with Gasteiger partial charge in [-0.3, -0.25) is 0 Å². The van der Waals surface area contributed by atoms with E-state index in [1.165, 1.54) is 0 Å². The first-order valence-corrected chi connectivity index (χ1v) is 7.53. The molecule has 0 aliphatic carbocycles. The van der Waals surface area contributed by atoms with Crippen LogP contribution in [0.5, 0.6) is 0 Å². The second-order valence-corrected chi connectivity index (χ2v) is 6.59. The standard InChI is InChI=1S/C15H22BrNO2/c1-14(18,10-12-2-4-13(16)5-3-12)15(11-17)6-8-19-9-7-15/h2-5,18H,6-11,17H2,1H3. The molecular formula is C15H22BrNO2. The maximum absolute atomic E-state index is 11.0. The predicted molar refractivity (Wildman–Crippen MR) is 80.0 cm³/mol. The second kappa shape index (κ2) is 5.92. The van der Waals surface area contributed by atoms with Gasteiger partial charge in [0.25, 0.3) is 0 Å². The Morgan fingerprint density at radius 3 is 2.42 bits per heavy atom. The summed E-state index contributed by atoms with van der Waals surface area (Å²) in [5.41, 5.74) is 6.07. The van der Waals surface area contributed by atoms with Gasteiger partial charge in [0.2, 0.25) is 0 Å². The molecule has 1 unspecified atom stereocenters. The molecule has 0 radical (unpaired) electrons. The molecule has 3 N–H and O–H groups in total. The van der Waals surface area contributed by atoms with Crippen molar-refractivity contribution in [2.24, 2.45) is 11.1 Å². The third-order valence-corrected chi connectivity index (χ3v) is 4.97. The first kappa shape index (κ1) is 15.0. The van der Waals surface area contributed by atoms with Crippen LogP contribution in [0.15, 0.2) is 28.7 Å². The smallest absolute Gasteiger partial charge is 0.0729 e. The van der Waals surface area contributed by atoms with E-state index in [0.717, 1.165) is 22.9 Å². The van der Waals surface area contributed by atoms with E-state index >= 15 is 0 Å². The van der Waals surface area contributed by atoms with Crippen LogP contribution in [-0.2, 0) is 11.2 Å². The molecule has 0 aromatic heterocycles. The average Bonchev–Trinajstić information content (AvgIpc) is 2.42. The monoisotopic (exact) mass is 327 g/mol. The van der Waals surface area contributed by atoms with E-state index in [9.17, 15) is 5.11 Å². The summed E-state index contributed by atoms with van der Waals surface area (Å²) >= 11 is 3.43. The summed E-state index contributed by atoms with van der Waals surface area (Å²) in [7, 11) is 0. The van der Waals surface area contributed by atoms with E-state index in [-0.39, 0.29) is 5.41 Å². The number of ether oxygens (including phenoxy) is 1. The van der Waals surface area contributed by atoms with E-state index in [0.29, 0.717) is 26.2 Å². The fraction of sp³-hybridized carbons (Fsp3) is 0.600. The summed E-state index contributed by atoms with van der Waals surface area (Å²) in [6.45, 7) is 3.79. The van der Waals surface area contributed by atoms with Gasteiger partial charge < -0.3 is 15.6 Å². The molecule has 4 heteroatoms. The summed E-state index contributed by atoms with van der Waals surface area (Å²) in [5.74, 6) is 0. The molecule has 19 heavy (non-hydrogen) atoms. The summed E-state index contributed by atoms with van der Waals surface area (Å²) in [4.78, 5) is 0. The fourth-order valence-corrected chi connectivity index (χ4v) is 3.18. The molecule has 1 aromatic rings. The van der Waals surface area contributed by atoms with Crippen LogP contribution in [0.25, 0.3) is 0 Å². The summed E-state index contributed by atoms with van der Waals surface area (Å²) < 4.78 is 6.47. The molecule has 1 fully saturated rings. The average molecular weight is 328 g/mol. The molecule has 0 saturated carbocycles. The van der Waals surface area contributed by atoms with Crippen molar-refractivity contribution in [2.45, 2.75) is 31.8 Å². The predicted octanol–water partition coefficient (Wildman–Crippen LogP) is 2.50. The maximum Gasteiger partial charge on any atom is 0.0729 e. The Hall–Kier alpha value is -0.420. The number of hydrogen-bond acceptors (Lipinski definition) is 3. The molecule has 106 valence electrons. The van der Waals surface area contributed by atoms with Crippen LogP contribution in [-0.4, -0.2) is 30.5 Å². The lowest BCUT2D eigenvalue weighted by atomic mass is 9.65. The lowest BCUT2D eigenvalue weighted by molar-refractivity contribution is -0.117. The lowest BCUT2D eigenvalue weighted by Gasteiger charge is -2.47. The van der Waals surface area contributed by atoms with Gasteiger partial charge in [-0.05, 0) is 37.5 Å². The van der Waals surface area contributed by atoms with Gasteiger partial charge >= 0.3 is 0 Å². The Balaban J connectivity index is 2.17.